The van der Waals surface area contributed by atoms with Gasteiger partial charge >= 0.3 is 27.3 Å². The number of hydrogen-bond donors (Lipinski definition) is 1. The number of alkyl halides is 2. The monoisotopic (exact) mass is 487 g/mol. The number of rotatable bonds is 7. The zero-order chi connectivity index (χ0) is 24.3. The van der Waals surface area contributed by atoms with Crippen molar-refractivity contribution in [3.63, 3.8) is 0 Å². The molecule has 0 radical (unpaired) electrons. The van der Waals surface area contributed by atoms with Crippen molar-refractivity contribution in [3.8, 4) is 0 Å². The van der Waals surface area contributed by atoms with Gasteiger partial charge in [0.25, 0.3) is 0 Å². The third kappa shape index (κ3) is 3.78. The zero-order valence-corrected chi connectivity index (χ0v) is 18.6. The van der Waals surface area contributed by atoms with E-state index >= 15 is 0 Å². The maximum Gasteiger partial charge on any atom is 0.402 e. The number of nitrogens with zero attached hydrogens (tertiary/aromatic N) is 1. The second kappa shape index (κ2) is 8.01. The summed E-state index contributed by atoms with van der Waals surface area (Å²) in [7, 11) is -5.79. The van der Waals surface area contributed by atoms with Crippen molar-refractivity contribution < 1.29 is 45.6 Å². The Kier molecular flexibility index (Phi) is 5.72. The van der Waals surface area contributed by atoms with Crippen LogP contribution in [-0.4, -0.2) is 65.8 Å². The molecule has 1 heterocycles. The van der Waals surface area contributed by atoms with Crippen LogP contribution in [0.3, 0.4) is 0 Å². The van der Waals surface area contributed by atoms with Crippen LogP contribution in [0.25, 0.3) is 0 Å². The number of likely N-dealkylation sites (tertiary alicyclic amines) is 1. The Hall–Kier alpha value is -2.60. The van der Waals surface area contributed by atoms with E-state index in [4.69, 9.17) is 9.29 Å². The highest BCUT2D eigenvalue weighted by Gasteiger charge is 2.71. The summed E-state index contributed by atoms with van der Waals surface area (Å²) in [6.07, 6.45) is -0.502. The van der Waals surface area contributed by atoms with E-state index in [1.165, 1.54) is 0 Å². The summed E-state index contributed by atoms with van der Waals surface area (Å²) in [5.41, 5.74) is 0.282. The summed E-state index contributed by atoms with van der Waals surface area (Å²) in [5, 5.41) is -4.69. The third-order valence-electron chi connectivity index (χ3n) is 6.75. The summed E-state index contributed by atoms with van der Waals surface area (Å²) in [6, 6.07) is 7.44. The number of ether oxygens (including phenoxy) is 2. The second-order valence-electron chi connectivity index (χ2n) is 8.90. The van der Waals surface area contributed by atoms with E-state index in [1.807, 2.05) is 0 Å². The van der Waals surface area contributed by atoms with Crippen molar-refractivity contribution in [2.24, 2.45) is 23.7 Å². The Labute approximate surface area is 188 Å². The smallest absolute Gasteiger partial charge is 0.402 e. The van der Waals surface area contributed by atoms with Crippen molar-refractivity contribution in [2.75, 3.05) is 6.61 Å². The topological polar surface area (TPSA) is 127 Å². The Morgan fingerprint density at radius 2 is 1.85 bits per heavy atom. The van der Waals surface area contributed by atoms with Crippen molar-refractivity contribution >= 4 is 28.0 Å². The van der Waals surface area contributed by atoms with Gasteiger partial charge in [0.05, 0.1) is 23.4 Å². The van der Waals surface area contributed by atoms with Crippen LogP contribution in [0.5, 0.6) is 0 Å². The van der Waals surface area contributed by atoms with Crippen LogP contribution in [0, 0.1) is 23.7 Å². The van der Waals surface area contributed by atoms with E-state index in [1.54, 1.807) is 49.1 Å². The molecule has 180 valence electrons. The number of esters is 2. The summed E-state index contributed by atoms with van der Waals surface area (Å²) < 4.78 is 67.7. The normalized spacial score (nSPS) is 30.7. The lowest BCUT2D eigenvalue weighted by Gasteiger charge is -2.35. The first-order valence-electron chi connectivity index (χ1n) is 10.4. The van der Waals surface area contributed by atoms with E-state index in [0.29, 0.717) is 6.42 Å². The van der Waals surface area contributed by atoms with Gasteiger partial charge in [-0.25, -0.2) is 4.79 Å². The molecule has 6 unspecified atom stereocenters. The number of carbonyl (C=O) groups is 3. The van der Waals surface area contributed by atoms with E-state index in [0.717, 1.165) is 0 Å². The molecule has 4 rings (SSSR count). The number of hydrogen-bond acceptors (Lipinski definition) is 7. The highest BCUT2D eigenvalue weighted by atomic mass is 32.2. The number of halogens is 2. The van der Waals surface area contributed by atoms with Gasteiger partial charge < -0.3 is 14.4 Å². The molecular formula is C21H23F2NO8S. The first-order chi connectivity index (χ1) is 15.3. The molecule has 3 fully saturated rings. The van der Waals surface area contributed by atoms with E-state index in [9.17, 15) is 31.6 Å². The van der Waals surface area contributed by atoms with Gasteiger partial charge in [0.2, 0.25) is 5.91 Å². The Morgan fingerprint density at radius 1 is 1.21 bits per heavy atom. The van der Waals surface area contributed by atoms with Crippen LogP contribution in [0.2, 0.25) is 0 Å². The summed E-state index contributed by atoms with van der Waals surface area (Å²) in [4.78, 5) is 40.2. The lowest BCUT2D eigenvalue weighted by molar-refractivity contribution is -0.161. The minimum atomic E-state index is -5.79. The Bertz CT molecular complexity index is 1080. The predicted octanol–water partition coefficient (Wildman–Crippen LogP) is 1.74. The fourth-order valence-corrected chi connectivity index (χ4v) is 5.72. The van der Waals surface area contributed by atoms with Gasteiger partial charge in [-0.05, 0) is 38.3 Å². The Balaban J connectivity index is 1.60. The molecule has 33 heavy (non-hydrogen) atoms. The van der Waals surface area contributed by atoms with Crippen LogP contribution in [-0.2, 0) is 29.2 Å². The van der Waals surface area contributed by atoms with Crippen molar-refractivity contribution in [2.45, 2.75) is 43.7 Å². The number of carbonyl (C=O) groups excluding carboxylic acids is 3. The molecule has 6 atom stereocenters. The van der Waals surface area contributed by atoms with Gasteiger partial charge in [-0.1, -0.05) is 18.2 Å². The molecule has 1 amide bonds. The zero-order valence-electron chi connectivity index (χ0n) is 17.8. The summed E-state index contributed by atoms with van der Waals surface area (Å²) >= 11 is 0. The lowest BCUT2D eigenvalue weighted by Crippen LogP contribution is -2.48. The van der Waals surface area contributed by atoms with Crippen LogP contribution in [0.4, 0.5) is 8.78 Å². The average molecular weight is 487 g/mol. The molecule has 1 aromatic carbocycles. The van der Waals surface area contributed by atoms with E-state index in [-0.39, 0.29) is 23.4 Å². The van der Waals surface area contributed by atoms with Crippen molar-refractivity contribution in [1.29, 1.82) is 0 Å². The van der Waals surface area contributed by atoms with Crippen LogP contribution in [0.15, 0.2) is 30.3 Å². The second-order valence-corrected chi connectivity index (χ2v) is 10.4. The highest BCUT2D eigenvalue weighted by molar-refractivity contribution is 7.86. The molecule has 0 aromatic heterocycles. The van der Waals surface area contributed by atoms with Gasteiger partial charge in [-0.3, -0.25) is 14.1 Å². The largest absolute Gasteiger partial charge is 0.458 e. The maximum absolute atomic E-state index is 13.6. The highest BCUT2D eigenvalue weighted by Crippen LogP contribution is 2.60. The first-order valence-corrected chi connectivity index (χ1v) is 11.9. The Morgan fingerprint density at radius 3 is 2.42 bits per heavy atom. The van der Waals surface area contributed by atoms with E-state index in [2.05, 4.69) is 4.74 Å². The predicted molar refractivity (Wildman–Crippen MR) is 107 cm³/mol. The van der Waals surface area contributed by atoms with Crippen LogP contribution >= 0.6 is 0 Å². The first kappa shape index (κ1) is 23.6. The molecule has 0 spiro atoms. The number of amides is 1. The molecule has 2 saturated carbocycles. The van der Waals surface area contributed by atoms with Crippen molar-refractivity contribution in [1.82, 2.24) is 4.90 Å². The summed E-state index contributed by atoms with van der Waals surface area (Å²) in [6.45, 7) is 1.68. The molecular weight excluding hydrogens is 464 g/mol. The lowest BCUT2D eigenvalue weighted by atomic mass is 9.78. The fraction of sp³-hybridized carbons (Fsp3) is 0.571. The van der Waals surface area contributed by atoms with Gasteiger partial charge in [-0.15, -0.1) is 0 Å². The number of fused-ring (bicyclic) bond motifs is 1. The number of benzene rings is 1. The maximum atomic E-state index is 13.6. The van der Waals surface area contributed by atoms with E-state index < -0.39 is 63.8 Å². The molecule has 2 aliphatic carbocycles. The molecule has 1 N–H and O–H groups in total. The van der Waals surface area contributed by atoms with Crippen LogP contribution in [0.1, 0.15) is 30.6 Å². The molecule has 12 heteroatoms. The summed E-state index contributed by atoms with van der Waals surface area (Å²) in [5.74, 6) is -5.18. The fourth-order valence-electron chi connectivity index (χ4n) is 5.52. The molecule has 1 saturated heterocycles. The molecule has 3 aliphatic rings. The molecule has 9 nitrogen and oxygen atoms in total. The van der Waals surface area contributed by atoms with Gasteiger partial charge in [0.15, 0.2) is 6.61 Å². The van der Waals surface area contributed by atoms with Crippen LogP contribution < -0.4 is 0 Å². The standard InChI is InChI=1S/C21H23F2NO8S/c1-10(2)24-16-12-8-13(17(16)32-19(26)11-6-4-3-5-7-11)15(14(12)18(24)25)20(27)31-9-21(22,23)33(28,29)30/h3-7,10,12-17H,8-9H2,1-2H3,(H,28,29,30). The van der Waals surface area contributed by atoms with Crippen molar-refractivity contribution in [3.05, 3.63) is 35.9 Å². The van der Waals surface area contributed by atoms with Gasteiger partial charge in [0.1, 0.15) is 6.10 Å². The minimum absolute atomic E-state index is 0.259. The third-order valence-corrected chi connectivity index (χ3v) is 7.63. The molecule has 1 aliphatic heterocycles. The van der Waals surface area contributed by atoms with Gasteiger partial charge in [-0.2, -0.15) is 17.2 Å². The SMILES string of the molecule is CC(C)N1C(=O)C2C3CC(C(OC(=O)c4ccccc4)C31)C2C(=O)OCC(F)(F)S(=O)(=O)O. The van der Waals surface area contributed by atoms with Gasteiger partial charge in [0, 0.05) is 12.0 Å². The molecule has 1 aromatic rings. The average Bonchev–Trinajstić information content (AvgIpc) is 3.34. The molecule has 2 bridgehead atoms. The quantitative estimate of drug-likeness (QED) is 0.455. The minimum Gasteiger partial charge on any atom is -0.458 e.